The van der Waals surface area contributed by atoms with Crippen molar-refractivity contribution in [1.82, 2.24) is 4.98 Å². The quantitative estimate of drug-likeness (QED) is 0.520. The molecule has 1 heterocycles. The average molecular weight is 415 g/mol. The molecule has 3 rings (SSSR count). The summed E-state index contributed by atoms with van der Waals surface area (Å²) in [4.78, 5) is 17.8. The third-order valence-corrected chi connectivity index (χ3v) is 5.53. The van der Waals surface area contributed by atoms with Crippen molar-refractivity contribution in [2.45, 2.75) is 33.6 Å². The highest BCUT2D eigenvalue weighted by atomic mass is 35.5. The molecule has 0 atom stereocenters. The van der Waals surface area contributed by atoms with Crippen LogP contribution >= 0.6 is 22.9 Å². The third-order valence-electron chi connectivity index (χ3n) is 4.39. The summed E-state index contributed by atoms with van der Waals surface area (Å²) in [6.45, 7) is 8.29. The third kappa shape index (κ3) is 4.91. The Morgan fingerprint density at radius 1 is 1.18 bits per heavy atom. The number of nitrogens with zero attached hydrogens (tertiary/aromatic N) is 1. The summed E-state index contributed by atoms with van der Waals surface area (Å²) in [5, 5.41) is 4.05. The van der Waals surface area contributed by atoms with Crippen LogP contribution in [0.4, 0.5) is 5.13 Å². The van der Waals surface area contributed by atoms with Gasteiger partial charge in [-0.3, -0.25) is 10.1 Å². The van der Waals surface area contributed by atoms with Crippen LogP contribution in [-0.2, 0) is 4.79 Å². The van der Waals surface area contributed by atoms with Gasteiger partial charge in [0.1, 0.15) is 5.75 Å². The van der Waals surface area contributed by atoms with Gasteiger partial charge >= 0.3 is 0 Å². The van der Waals surface area contributed by atoms with Gasteiger partial charge in [-0.25, -0.2) is 4.98 Å². The molecule has 0 saturated heterocycles. The lowest BCUT2D eigenvalue weighted by Gasteiger charge is -2.12. The van der Waals surface area contributed by atoms with E-state index in [0.29, 0.717) is 21.8 Å². The highest BCUT2D eigenvalue weighted by molar-refractivity contribution is 7.16. The van der Waals surface area contributed by atoms with Gasteiger partial charge in [-0.15, -0.1) is 11.3 Å². The van der Waals surface area contributed by atoms with Crippen LogP contribution in [0, 0.1) is 13.8 Å². The summed E-state index contributed by atoms with van der Waals surface area (Å²) in [5.74, 6) is 0.913. The number of aromatic nitrogens is 1. The monoisotopic (exact) mass is 414 g/mol. The van der Waals surface area contributed by atoms with Crippen LogP contribution < -0.4 is 10.1 Å². The van der Waals surface area contributed by atoms with Crippen molar-refractivity contribution >= 4 is 34.0 Å². The highest BCUT2D eigenvalue weighted by Gasteiger charge is 2.13. The Morgan fingerprint density at radius 3 is 2.54 bits per heavy atom. The van der Waals surface area contributed by atoms with E-state index in [1.54, 1.807) is 0 Å². The van der Waals surface area contributed by atoms with Gasteiger partial charge in [-0.1, -0.05) is 43.6 Å². The van der Waals surface area contributed by atoms with E-state index in [1.165, 1.54) is 16.9 Å². The lowest BCUT2D eigenvalue weighted by molar-refractivity contribution is -0.118. The number of anilines is 1. The number of carbonyl (C=O) groups is 1. The van der Waals surface area contributed by atoms with Gasteiger partial charge in [0.2, 0.25) is 0 Å². The topological polar surface area (TPSA) is 51.2 Å². The Balaban J connectivity index is 1.62. The van der Waals surface area contributed by atoms with E-state index in [0.717, 1.165) is 21.7 Å². The molecule has 0 unspecified atom stereocenters. The van der Waals surface area contributed by atoms with Crippen LogP contribution in [-0.4, -0.2) is 17.5 Å². The summed E-state index contributed by atoms with van der Waals surface area (Å²) in [6.07, 6.45) is 0. The number of amides is 1. The van der Waals surface area contributed by atoms with E-state index in [2.05, 4.69) is 37.1 Å². The number of rotatable bonds is 6. The number of hydrogen-bond donors (Lipinski definition) is 1. The van der Waals surface area contributed by atoms with E-state index in [1.807, 2.05) is 43.3 Å². The van der Waals surface area contributed by atoms with Gasteiger partial charge in [0.05, 0.1) is 5.69 Å². The van der Waals surface area contributed by atoms with Crippen molar-refractivity contribution in [1.29, 1.82) is 0 Å². The summed E-state index contributed by atoms with van der Waals surface area (Å²) in [7, 11) is 0. The Morgan fingerprint density at radius 2 is 1.89 bits per heavy atom. The van der Waals surface area contributed by atoms with Crippen LogP contribution in [0.2, 0.25) is 5.02 Å². The molecule has 28 heavy (non-hydrogen) atoms. The molecule has 4 nitrogen and oxygen atoms in total. The zero-order chi connectivity index (χ0) is 20.3. The molecule has 3 aromatic rings. The van der Waals surface area contributed by atoms with E-state index >= 15 is 0 Å². The van der Waals surface area contributed by atoms with Crippen molar-refractivity contribution in [2.24, 2.45) is 0 Å². The summed E-state index contributed by atoms with van der Waals surface area (Å²) in [5.41, 5.74) is 4.26. The fourth-order valence-corrected chi connectivity index (χ4v) is 3.99. The molecular weight excluding hydrogens is 392 g/mol. The Kier molecular flexibility index (Phi) is 6.37. The smallest absolute Gasteiger partial charge is 0.264 e. The lowest BCUT2D eigenvalue weighted by atomic mass is 9.98. The maximum atomic E-state index is 12.3. The largest absolute Gasteiger partial charge is 0.484 e. The van der Waals surface area contributed by atoms with Crippen LogP contribution in [0.5, 0.6) is 5.75 Å². The maximum Gasteiger partial charge on any atom is 0.264 e. The second-order valence-corrected chi connectivity index (χ2v) is 8.58. The molecule has 0 aliphatic rings. The number of hydrogen-bond acceptors (Lipinski definition) is 4. The van der Waals surface area contributed by atoms with Crippen molar-refractivity contribution in [3.63, 3.8) is 0 Å². The second kappa shape index (κ2) is 8.76. The molecule has 0 bridgehead atoms. The second-order valence-electron chi connectivity index (χ2n) is 6.94. The van der Waals surface area contributed by atoms with Crippen molar-refractivity contribution in [3.8, 4) is 17.0 Å². The summed E-state index contributed by atoms with van der Waals surface area (Å²) >= 11 is 7.38. The average Bonchev–Trinajstić information content (AvgIpc) is 3.00. The molecule has 0 spiro atoms. The molecule has 1 amide bonds. The number of carbonyl (C=O) groups excluding carboxylic acids is 1. The first-order valence-corrected chi connectivity index (χ1v) is 10.3. The van der Waals surface area contributed by atoms with Gasteiger partial charge in [-0.05, 0) is 55.2 Å². The summed E-state index contributed by atoms with van der Waals surface area (Å²) < 4.78 is 5.64. The first kappa shape index (κ1) is 20.4. The standard InChI is InChI=1S/C22H23ClN2O2S/c1-13(2)19-10-9-18(11-14(19)3)27-12-20(26)24-22-25-21(15(4)28-22)16-5-7-17(23)8-6-16/h5-11,13H,12H2,1-4H3,(H,24,25,26). The van der Waals surface area contributed by atoms with Gasteiger partial charge in [0.25, 0.3) is 5.91 Å². The minimum atomic E-state index is -0.234. The van der Waals surface area contributed by atoms with Crippen molar-refractivity contribution in [2.75, 3.05) is 11.9 Å². The predicted molar refractivity (Wildman–Crippen MR) is 117 cm³/mol. The number of thiazole rings is 1. The fraction of sp³-hybridized carbons (Fsp3) is 0.273. The SMILES string of the molecule is Cc1cc(OCC(=O)Nc2nc(-c3ccc(Cl)cc3)c(C)s2)ccc1C(C)C. The molecule has 0 aliphatic carbocycles. The molecule has 0 fully saturated rings. The predicted octanol–water partition coefficient (Wildman–Crippen LogP) is 6.22. The normalized spacial score (nSPS) is 10.9. The molecule has 146 valence electrons. The number of benzene rings is 2. The Hall–Kier alpha value is -2.37. The number of aryl methyl sites for hydroxylation is 2. The van der Waals surface area contributed by atoms with Crippen molar-refractivity contribution in [3.05, 3.63) is 63.5 Å². The minimum Gasteiger partial charge on any atom is -0.484 e. The lowest BCUT2D eigenvalue weighted by Crippen LogP contribution is -2.20. The number of ether oxygens (including phenoxy) is 1. The molecular formula is C22H23ClN2O2S. The van der Waals surface area contributed by atoms with Gasteiger partial charge in [0, 0.05) is 15.5 Å². The zero-order valence-electron chi connectivity index (χ0n) is 16.4. The zero-order valence-corrected chi connectivity index (χ0v) is 17.9. The highest BCUT2D eigenvalue weighted by Crippen LogP contribution is 2.31. The number of halogens is 1. The maximum absolute atomic E-state index is 12.3. The Labute approximate surface area is 174 Å². The van der Waals surface area contributed by atoms with Gasteiger partial charge in [-0.2, -0.15) is 0 Å². The molecule has 2 aromatic carbocycles. The van der Waals surface area contributed by atoms with E-state index in [4.69, 9.17) is 16.3 Å². The van der Waals surface area contributed by atoms with Gasteiger partial charge < -0.3 is 4.74 Å². The van der Waals surface area contributed by atoms with Crippen LogP contribution in [0.1, 0.15) is 35.8 Å². The summed E-state index contributed by atoms with van der Waals surface area (Å²) in [6, 6.07) is 13.4. The molecule has 1 aromatic heterocycles. The molecule has 0 aliphatic heterocycles. The molecule has 0 radical (unpaired) electrons. The van der Waals surface area contributed by atoms with Crippen LogP contribution in [0.25, 0.3) is 11.3 Å². The molecule has 6 heteroatoms. The van der Waals surface area contributed by atoms with Crippen LogP contribution in [0.3, 0.4) is 0 Å². The van der Waals surface area contributed by atoms with Crippen LogP contribution in [0.15, 0.2) is 42.5 Å². The van der Waals surface area contributed by atoms with E-state index in [-0.39, 0.29) is 12.5 Å². The Bertz CT molecular complexity index is 981. The molecule has 1 N–H and O–H groups in total. The van der Waals surface area contributed by atoms with E-state index in [9.17, 15) is 4.79 Å². The minimum absolute atomic E-state index is 0.0601. The molecule has 0 saturated carbocycles. The first-order valence-electron chi connectivity index (χ1n) is 9.10. The first-order chi connectivity index (χ1) is 13.3. The fourth-order valence-electron chi connectivity index (χ4n) is 3.02. The number of nitrogens with one attached hydrogen (secondary N) is 1. The van der Waals surface area contributed by atoms with E-state index < -0.39 is 0 Å². The van der Waals surface area contributed by atoms with Gasteiger partial charge in [0.15, 0.2) is 11.7 Å². The van der Waals surface area contributed by atoms with Crippen molar-refractivity contribution < 1.29 is 9.53 Å².